The summed E-state index contributed by atoms with van der Waals surface area (Å²) in [6.07, 6.45) is 0. The maximum Gasteiger partial charge on any atom is 0.0618 e. The normalized spacial score (nSPS) is 11.3. The van der Waals surface area contributed by atoms with E-state index < -0.39 is 0 Å². The van der Waals surface area contributed by atoms with Gasteiger partial charge in [-0.1, -0.05) is 200 Å². The van der Waals surface area contributed by atoms with Crippen molar-refractivity contribution >= 4 is 49.6 Å². The molecule has 0 fully saturated rings. The maximum atomic E-state index is 2.49. The first kappa shape index (κ1) is 35.2. The van der Waals surface area contributed by atoms with Gasteiger partial charge in [-0.15, -0.1) is 0 Å². The molecule has 0 aliphatic carbocycles. The van der Waals surface area contributed by atoms with E-state index in [0.717, 1.165) is 50.5 Å². The van der Waals surface area contributed by atoms with Crippen LogP contribution < -0.4 is 4.90 Å². The number of para-hydroxylation sites is 2. The number of hydrogen-bond acceptors (Lipinski definition) is 1. The summed E-state index contributed by atoms with van der Waals surface area (Å²) in [7, 11) is 0. The third-order valence-corrected chi connectivity index (χ3v) is 11.8. The molecule has 282 valence electrons. The lowest BCUT2D eigenvalue weighted by molar-refractivity contribution is 1.18. The fourth-order valence-electron chi connectivity index (χ4n) is 8.95. The van der Waals surface area contributed by atoms with Gasteiger partial charge in [0.1, 0.15) is 0 Å². The van der Waals surface area contributed by atoms with E-state index in [0.29, 0.717) is 0 Å². The van der Waals surface area contributed by atoms with Crippen LogP contribution >= 0.6 is 0 Å². The average Bonchev–Trinajstić information content (AvgIpc) is 3.66. The van der Waals surface area contributed by atoms with E-state index in [1.807, 2.05) is 0 Å². The molecule has 2 heteroatoms. The molecule has 0 unspecified atom stereocenters. The average molecular weight is 765 g/mol. The minimum absolute atomic E-state index is 1.07. The van der Waals surface area contributed by atoms with Gasteiger partial charge in [0, 0.05) is 38.8 Å². The summed E-state index contributed by atoms with van der Waals surface area (Å²) in [5.74, 6) is 0. The van der Waals surface area contributed by atoms with Crippen molar-refractivity contribution < 1.29 is 0 Å². The van der Waals surface area contributed by atoms with Gasteiger partial charge in [0.25, 0.3) is 0 Å². The largest absolute Gasteiger partial charge is 0.309 e. The Morgan fingerprint density at radius 1 is 0.283 bits per heavy atom. The fraction of sp³-hybridized carbons (Fsp3) is 0. The van der Waals surface area contributed by atoms with Gasteiger partial charge in [-0.25, -0.2) is 0 Å². The second-order valence-corrected chi connectivity index (χ2v) is 15.3. The molecule has 0 N–H and O–H groups in total. The van der Waals surface area contributed by atoms with Gasteiger partial charge in [-0.3, -0.25) is 0 Å². The van der Waals surface area contributed by atoms with Crippen molar-refractivity contribution in [2.45, 2.75) is 0 Å². The summed E-state index contributed by atoms with van der Waals surface area (Å²) in [6.45, 7) is 0. The summed E-state index contributed by atoms with van der Waals surface area (Å²) >= 11 is 0. The highest BCUT2D eigenvalue weighted by Crippen LogP contribution is 2.48. The van der Waals surface area contributed by atoms with Crippen molar-refractivity contribution in [3.63, 3.8) is 0 Å². The summed E-state index contributed by atoms with van der Waals surface area (Å²) < 4.78 is 2.49. The van der Waals surface area contributed by atoms with E-state index in [-0.39, 0.29) is 0 Å². The zero-order valence-electron chi connectivity index (χ0n) is 33.0. The minimum atomic E-state index is 1.07. The Labute approximate surface area is 350 Å². The van der Waals surface area contributed by atoms with Gasteiger partial charge in [0.15, 0.2) is 0 Å². The molecule has 2 nitrogen and oxygen atoms in total. The molecule has 0 radical (unpaired) electrons. The first-order chi connectivity index (χ1) is 29.8. The van der Waals surface area contributed by atoms with Crippen LogP contribution in [0.5, 0.6) is 0 Å². The van der Waals surface area contributed by atoms with E-state index in [4.69, 9.17) is 0 Å². The van der Waals surface area contributed by atoms with Crippen molar-refractivity contribution in [1.82, 2.24) is 4.57 Å². The van der Waals surface area contributed by atoms with E-state index >= 15 is 0 Å². The van der Waals surface area contributed by atoms with Gasteiger partial charge in [-0.2, -0.15) is 0 Å². The molecule has 0 amide bonds. The zero-order chi connectivity index (χ0) is 39.8. The summed E-state index contributed by atoms with van der Waals surface area (Å²) in [5.41, 5.74) is 16.1. The lowest BCUT2D eigenvalue weighted by Crippen LogP contribution is -2.13. The Bertz CT molecular complexity index is 3220. The Hall–Kier alpha value is -7.94. The Morgan fingerprint density at radius 2 is 0.750 bits per heavy atom. The summed E-state index contributed by atoms with van der Waals surface area (Å²) in [5, 5.41) is 4.86. The molecule has 60 heavy (non-hydrogen) atoms. The van der Waals surface area contributed by atoms with Crippen LogP contribution in [0, 0.1) is 0 Å². The van der Waals surface area contributed by atoms with Crippen LogP contribution in [0.2, 0.25) is 0 Å². The topological polar surface area (TPSA) is 8.17 Å². The van der Waals surface area contributed by atoms with Gasteiger partial charge < -0.3 is 9.47 Å². The smallest absolute Gasteiger partial charge is 0.0618 e. The second kappa shape index (κ2) is 15.1. The van der Waals surface area contributed by atoms with Crippen LogP contribution in [0.15, 0.2) is 243 Å². The van der Waals surface area contributed by atoms with Crippen LogP contribution in [0.25, 0.3) is 82.8 Å². The number of aromatic nitrogens is 1. The van der Waals surface area contributed by atoms with E-state index in [1.54, 1.807) is 0 Å². The van der Waals surface area contributed by atoms with Crippen LogP contribution in [-0.4, -0.2) is 4.57 Å². The molecule has 11 rings (SSSR count). The third kappa shape index (κ3) is 6.23. The van der Waals surface area contributed by atoms with Crippen molar-refractivity contribution in [1.29, 1.82) is 0 Å². The standard InChI is InChI=1S/C58H40N2/c1-5-18-41(19-6-1)42-32-34-48(35-33-42)59(58-50(43-20-7-2-8-21-43)29-17-30-51(58)44-22-9-3-10-23-44)49-36-37-53-52-28-15-16-31-55(52)60(57(53)40-49)56-39-47-27-14-13-26-46(47)38-54(56)45-24-11-4-12-25-45/h1-40H. The highest BCUT2D eigenvalue weighted by Gasteiger charge is 2.24. The first-order valence-electron chi connectivity index (χ1n) is 20.6. The molecule has 0 aliphatic rings. The first-order valence-corrected chi connectivity index (χ1v) is 20.6. The molecular formula is C58H40N2. The van der Waals surface area contributed by atoms with Crippen molar-refractivity contribution in [2.75, 3.05) is 4.90 Å². The molecule has 0 saturated heterocycles. The van der Waals surface area contributed by atoms with E-state index in [1.165, 1.54) is 49.3 Å². The van der Waals surface area contributed by atoms with Gasteiger partial charge in [0.05, 0.1) is 22.4 Å². The summed E-state index contributed by atoms with van der Waals surface area (Å²) in [4.78, 5) is 2.47. The van der Waals surface area contributed by atoms with Crippen LogP contribution in [0.4, 0.5) is 17.1 Å². The second-order valence-electron chi connectivity index (χ2n) is 15.3. The highest BCUT2D eigenvalue weighted by atomic mass is 15.1. The minimum Gasteiger partial charge on any atom is -0.309 e. The lowest BCUT2D eigenvalue weighted by atomic mass is 9.94. The van der Waals surface area contributed by atoms with Crippen LogP contribution in [0.1, 0.15) is 0 Å². The maximum absolute atomic E-state index is 2.49. The number of fused-ring (bicyclic) bond motifs is 4. The molecule has 0 saturated carbocycles. The molecule has 1 heterocycles. The van der Waals surface area contributed by atoms with E-state index in [9.17, 15) is 0 Å². The fourth-order valence-corrected chi connectivity index (χ4v) is 8.95. The van der Waals surface area contributed by atoms with E-state index in [2.05, 4.69) is 252 Å². The Kier molecular flexibility index (Phi) is 8.87. The number of benzene rings is 10. The predicted octanol–water partition coefficient (Wildman–Crippen LogP) is 16.1. The lowest BCUT2D eigenvalue weighted by Gasteiger charge is -2.31. The number of rotatable bonds is 8. The molecule has 10 aromatic carbocycles. The molecule has 0 spiro atoms. The quantitative estimate of drug-likeness (QED) is 0.150. The Morgan fingerprint density at radius 3 is 1.37 bits per heavy atom. The van der Waals surface area contributed by atoms with Gasteiger partial charge in [-0.05, 0) is 81.1 Å². The number of hydrogen-bond donors (Lipinski definition) is 0. The van der Waals surface area contributed by atoms with Crippen molar-refractivity contribution in [3.05, 3.63) is 243 Å². The van der Waals surface area contributed by atoms with Crippen LogP contribution in [0.3, 0.4) is 0 Å². The predicted molar refractivity (Wildman–Crippen MR) is 255 cm³/mol. The molecule has 1 aromatic heterocycles. The molecular weight excluding hydrogens is 725 g/mol. The molecule has 0 bridgehead atoms. The molecule has 0 aliphatic heterocycles. The van der Waals surface area contributed by atoms with Crippen LogP contribution in [-0.2, 0) is 0 Å². The van der Waals surface area contributed by atoms with Crippen molar-refractivity contribution in [3.8, 4) is 50.2 Å². The Balaban J connectivity index is 1.22. The summed E-state index contributed by atoms with van der Waals surface area (Å²) in [6, 6.07) is 88.1. The third-order valence-electron chi connectivity index (χ3n) is 11.8. The molecule has 11 aromatic rings. The number of nitrogens with zero attached hydrogens (tertiary/aromatic N) is 2. The van der Waals surface area contributed by atoms with Gasteiger partial charge in [0.2, 0.25) is 0 Å². The number of anilines is 3. The highest BCUT2D eigenvalue weighted by molar-refractivity contribution is 6.12. The monoisotopic (exact) mass is 764 g/mol. The van der Waals surface area contributed by atoms with Gasteiger partial charge >= 0.3 is 0 Å². The molecule has 0 atom stereocenters. The van der Waals surface area contributed by atoms with Crippen molar-refractivity contribution in [2.24, 2.45) is 0 Å². The SMILES string of the molecule is c1ccc(-c2ccc(N(c3ccc4c5ccccc5n(-c5cc6ccccc6cc5-c5ccccc5)c4c3)c3c(-c4ccccc4)cccc3-c3ccccc3)cc2)cc1. The zero-order valence-corrected chi connectivity index (χ0v) is 33.0.